The molecule has 1 saturated carbocycles. The molecule has 0 unspecified atom stereocenters. The molecule has 1 saturated heterocycles. The average molecular weight is 461 g/mol. The van der Waals surface area contributed by atoms with Crippen LogP contribution in [0.25, 0.3) is 0 Å². The van der Waals surface area contributed by atoms with E-state index in [1.807, 2.05) is 12.2 Å². The molecule has 34 heavy (non-hydrogen) atoms. The fourth-order valence-corrected chi connectivity index (χ4v) is 4.85. The second-order valence-corrected chi connectivity index (χ2v) is 8.34. The smallest absolute Gasteiger partial charge is 0.343 e. The van der Waals surface area contributed by atoms with Crippen molar-refractivity contribution in [1.29, 1.82) is 0 Å². The van der Waals surface area contributed by atoms with Gasteiger partial charge in [-0.2, -0.15) is 10.1 Å². The lowest BCUT2D eigenvalue weighted by Gasteiger charge is -2.13. The number of imide groups is 1. The summed E-state index contributed by atoms with van der Waals surface area (Å²) in [5.41, 5.74) is 0.532. The number of nitro benzene ring substituents is 1. The number of amides is 2. The van der Waals surface area contributed by atoms with E-state index in [0.717, 1.165) is 11.4 Å². The molecule has 3 aliphatic rings. The molecular weight excluding hydrogens is 442 g/mol. The molecule has 0 N–H and O–H groups in total. The Labute approximate surface area is 193 Å². The number of nitro groups is 1. The van der Waals surface area contributed by atoms with Gasteiger partial charge >= 0.3 is 5.97 Å². The van der Waals surface area contributed by atoms with Crippen molar-refractivity contribution in [3.05, 3.63) is 75.9 Å². The zero-order chi connectivity index (χ0) is 24.0. The Balaban J connectivity index is 1.30. The Kier molecular flexibility index (Phi) is 5.20. The molecule has 1 heterocycles. The summed E-state index contributed by atoms with van der Waals surface area (Å²) in [7, 11) is 1.40. The normalized spacial score (nSPS) is 24.7. The van der Waals surface area contributed by atoms with Crippen molar-refractivity contribution in [3.63, 3.8) is 0 Å². The Bertz CT molecular complexity index is 1240. The lowest BCUT2D eigenvalue weighted by Crippen LogP contribution is -2.28. The number of non-ortho nitro benzene ring substituents is 1. The summed E-state index contributed by atoms with van der Waals surface area (Å²) in [5.74, 6) is -1.32. The average Bonchev–Trinajstić information content (AvgIpc) is 3.52. The van der Waals surface area contributed by atoms with Gasteiger partial charge in [0, 0.05) is 12.1 Å². The summed E-state index contributed by atoms with van der Waals surface area (Å²) < 4.78 is 10.7. The van der Waals surface area contributed by atoms with E-state index in [-0.39, 0.29) is 58.2 Å². The summed E-state index contributed by atoms with van der Waals surface area (Å²) in [6.07, 6.45) is 6.27. The molecule has 10 heteroatoms. The van der Waals surface area contributed by atoms with Gasteiger partial charge in [0.25, 0.3) is 17.5 Å². The van der Waals surface area contributed by atoms with Crippen molar-refractivity contribution >= 4 is 29.7 Å². The fraction of sp³-hybridized carbons (Fsp3) is 0.250. The van der Waals surface area contributed by atoms with Crippen LogP contribution in [0.1, 0.15) is 22.3 Å². The van der Waals surface area contributed by atoms with E-state index in [4.69, 9.17) is 9.47 Å². The van der Waals surface area contributed by atoms with Crippen molar-refractivity contribution in [2.75, 3.05) is 7.11 Å². The lowest BCUT2D eigenvalue weighted by molar-refractivity contribution is -0.384. The summed E-state index contributed by atoms with van der Waals surface area (Å²) in [5, 5.41) is 15.9. The number of carbonyl (C=O) groups is 3. The van der Waals surface area contributed by atoms with Gasteiger partial charge in [-0.25, -0.2) is 4.79 Å². The predicted molar refractivity (Wildman–Crippen MR) is 118 cm³/mol. The molecule has 5 rings (SSSR count). The first kappa shape index (κ1) is 21.5. The van der Waals surface area contributed by atoms with Crippen molar-refractivity contribution in [2.45, 2.75) is 6.42 Å². The third-order valence-corrected chi connectivity index (χ3v) is 6.47. The largest absolute Gasteiger partial charge is 0.493 e. The van der Waals surface area contributed by atoms with Crippen LogP contribution in [0.5, 0.6) is 11.5 Å². The second kappa shape index (κ2) is 8.22. The van der Waals surface area contributed by atoms with Crippen molar-refractivity contribution in [2.24, 2.45) is 28.8 Å². The van der Waals surface area contributed by atoms with Gasteiger partial charge in [0.1, 0.15) is 0 Å². The van der Waals surface area contributed by atoms with E-state index >= 15 is 0 Å². The van der Waals surface area contributed by atoms with Crippen molar-refractivity contribution in [3.8, 4) is 11.5 Å². The highest BCUT2D eigenvalue weighted by Crippen LogP contribution is 2.52. The van der Waals surface area contributed by atoms with Gasteiger partial charge in [-0.1, -0.05) is 12.2 Å². The number of carbonyl (C=O) groups excluding carboxylic acids is 3. The highest BCUT2D eigenvalue weighted by Gasteiger charge is 2.59. The van der Waals surface area contributed by atoms with Crippen LogP contribution in [-0.2, 0) is 9.59 Å². The topological polar surface area (TPSA) is 128 Å². The number of nitrogens with zero attached hydrogens (tertiary/aromatic N) is 3. The van der Waals surface area contributed by atoms with Gasteiger partial charge in [0.2, 0.25) is 0 Å². The molecule has 2 bridgehead atoms. The molecule has 2 amide bonds. The number of rotatable bonds is 6. The van der Waals surface area contributed by atoms with Gasteiger partial charge in [0.15, 0.2) is 11.5 Å². The number of fused-ring (bicyclic) bond motifs is 5. The first-order chi connectivity index (χ1) is 16.4. The Morgan fingerprint density at radius 2 is 1.71 bits per heavy atom. The van der Waals surface area contributed by atoms with Crippen molar-refractivity contribution < 1.29 is 28.8 Å². The molecular formula is C24H19N3O7. The first-order valence-electron chi connectivity index (χ1n) is 10.6. The van der Waals surface area contributed by atoms with Crippen LogP contribution in [0, 0.1) is 33.8 Å². The molecule has 2 fully saturated rings. The Morgan fingerprint density at radius 3 is 2.29 bits per heavy atom. The van der Waals surface area contributed by atoms with E-state index in [1.165, 1.54) is 43.7 Å². The fourth-order valence-electron chi connectivity index (χ4n) is 4.85. The van der Waals surface area contributed by atoms with Crippen LogP contribution in [0.4, 0.5) is 5.69 Å². The van der Waals surface area contributed by atoms with E-state index < -0.39 is 10.9 Å². The third-order valence-electron chi connectivity index (χ3n) is 6.47. The SMILES string of the molecule is COc1cc(C=NN2C(=O)[C@@H]3[C@H](C2=O)[C@H]2C=C[C@H]3C2)ccc1OC(=O)c1ccc([N+](=O)[O-])cc1. The molecule has 1 aliphatic heterocycles. The van der Waals surface area contributed by atoms with E-state index in [2.05, 4.69) is 5.10 Å². The van der Waals surface area contributed by atoms with Gasteiger partial charge in [0.05, 0.1) is 35.6 Å². The van der Waals surface area contributed by atoms with E-state index in [9.17, 15) is 24.5 Å². The number of benzene rings is 2. The Morgan fingerprint density at radius 1 is 1.06 bits per heavy atom. The molecule has 172 valence electrons. The van der Waals surface area contributed by atoms with Crippen LogP contribution in [0.2, 0.25) is 0 Å². The van der Waals surface area contributed by atoms with Crippen LogP contribution in [0.3, 0.4) is 0 Å². The predicted octanol–water partition coefficient (Wildman–Crippen LogP) is 2.96. The highest BCUT2D eigenvalue weighted by molar-refractivity contribution is 6.06. The van der Waals surface area contributed by atoms with Gasteiger partial charge in [-0.15, -0.1) is 0 Å². The Hall–Kier alpha value is -4.34. The molecule has 0 spiro atoms. The van der Waals surface area contributed by atoms with Crippen LogP contribution < -0.4 is 9.47 Å². The summed E-state index contributed by atoms with van der Waals surface area (Å²) in [6, 6.07) is 9.68. The van der Waals surface area contributed by atoms with Crippen LogP contribution >= 0.6 is 0 Å². The molecule has 4 atom stereocenters. The molecule has 10 nitrogen and oxygen atoms in total. The number of hydrogen-bond acceptors (Lipinski definition) is 8. The zero-order valence-corrected chi connectivity index (χ0v) is 18.0. The monoisotopic (exact) mass is 461 g/mol. The standard InChI is InChI=1S/C24H19N3O7/c1-33-19-10-13(2-9-18(19)34-24(30)14-5-7-17(8-6-14)27(31)32)12-25-26-22(28)20-15-3-4-16(11-15)21(20)23(26)29/h2-10,12,15-16,20-21H,11H2,1H3/t15-,16-,20-,21+/m0/s1. The number of esters is 1. The van der Waals surface area contributed by atoms with E-state index in [1.54, 1.807) is 12.1 Å². The van der Waals surface area contributed by atoms with Gasteiger partial charge in [-0.05, 0) is 54.2 Å². The quantitative estimate of drug-likeness (QED) is 0.123. The zero-order valence-electron chi connectivity index (χ0n) is 18.0. The minimum atomic E-state index is -0.711. The maximum atomic E-state index is 12.7. The number of allylic oxidation sites excluding steroid dienone is 2. The maximum Gasteiger partial charge on any atom is 0.343 e. The first-order valence-corrected chi connectivity index (χ1v) is 10.6. The summed E-state index contributed by atoms with van der Waals surface area (Å²) >= 11 is 0. The van der Waals surface area contributed by atoms with Crippen molar-refractivity contribution in [1.82, 2.24) is 5.01 Å². The number of ether oxygens (including phenoxy) is 2. The third kappa shape index (κ3) is 3.53. The lowest BCUT2D eigenvalue weighted by atomic mass is 9.85. The maximum absolute atomic E-state index is 12.7. The van der Waals surface area contributed by atoms with Gasteiger partial charge in [-0.3, -0.25) is 19.7 Å². The minimum Gasteiger partial charge on any atom is -0.493 e. The number of methoxy groups -OCH3 is 1. The summed E-state index contributed by atoms with van der Waals surface area (Å²) in [4.78, 5) is 48.1. The molecule has 0 aromatic heterocycles. The second-order valence-electron chi connectivity index (χ2n) is 8.34. The molecule has 2 aromatic carbocycles. The number of hydrazone groups is 1. The van der Waals surface area contributed by atoms with Crippen LogP contribution in [-0.4, -0.2) is 41.0 Å². The van der Waals surface area contributed by atoms with E-state index in [0.29, 0.717) is 5.56 Å². The van der Waals surface area contributed by atoms with Crippen LogP contribution in [0.15, 0.2) is 59.7 Å². The number of hydrogen-bond donors (Lipinski definition) is 0. The minimum absolute atomic E-state index is 0.108. The molecule has 2 aliphatic carbocycles. The summed E-state index contributed by atoms with van der Waals surface area (Å²) in [6.45, 7) is 0. The highest BCUT2D eigenvalue weighted by atomic mass is 16.6. The van der Waals surface area contributed by atoms with Gasteiger partial charge < -0.3 is 9.47 Å². The molecule has 2 aromatic rings. The molecule has 0 radical (unpaired) electrons.